The summed E-state index contributed by atoms with van der Waals surface area (Å²) in [6.45, 7) is 2.28. The van der Waals surface area contributed by atoms with Gasteiger partial charge >= 0.3 is 11.9 Å². The Morgan fingerprint density at radius 2 is 0.909 bits per heavy atom. The first-order chi connectivity index (χ1) is 10.6. The summed E-state index contributed by atoms with van der Waals surface area (Å²) in [7, 11) is 0. The summed E-state index contributed by atoms with van der Waals surface area (Å²) in [5.41, 5.74) is 0. The van der Waals surface area contributed by atoms with Gasteiger partial charge in [-0.15, -0.1) is 0 Å². The van der Waals surface area contributed by atoms with Gasteiger partial charge in [0, 0.05) is 13.8 Å². The second kappa shape index (κ2) is 7.22. The van der Waals surface area contributed by atoms with E-state index < -0.39 is 11.9 Å². The Hall–Kier alpha value is -2.88. The van der Waals surface area contributed by atoms with Gasteiger partial charge in [0.05, 0.1) is 0 Å². The van der Waals surface area contributed by atoms with Crippen molar-refractivity contribution in [3.63, 3.8) is 0 Å². The molecule has 4 heteroatoms. The van der Waals surface area contributed by atoms with Gasteiger partial charge in [-0.05, 0) is 33.7 Å². The maximum atomic E-state index is 9.85. The van der Waals surface area contributed by atoms with Crippen molar-refractivity contribution in [3.8, 4) is 0 Å². The maximum absolute atomic E-state index is 9.85. The highest BCUT2D eigenvalue weighted by atomic mass is 17.2. The molecule has 0 aliphatic carbocycles. The average Bonchev–Trinajstić information content (AvgIpc) is 2.51. The van der Waals surface area contributed by atoms with Crippen molar-refractivity contribution in [2.24, 2.45) is 0 Å². The van der Waals surface area contributed by atoms with Gasteiger partial charge in [0.2, 0.25) is 0 Å². The average molecular weight is 296 g/mol. The summed E-state index contributed by atoms with van der Waals surface area (Å²) < 4.78 is 0. The van der Waals surface area contributed by atoms with Gasteiger partial charge in [-0.1, -0.05) is 48.5 Å². The van der Waals surface area contributed by atoms with Crippen LogP contribution in [-0.2, 0) is 19.4 Å². The van der Waals surface area contributed by atoms with E-state index in [1.54, 1.807) is 0 Å². The normalized spacial score (nSPS) is 9.73. The third kappa shape index (κ3) is 4.31. The summed E-state index contributed by atoms with van der Waals surface area (Å²) in [5.74, 6) is -1.28. The van der Waals surface area contributed by atoms with Crippen LogP contribution in [0.2, 0.25) is 0 Å². The molecule has 0 aromatic heterocycles. The minimum absolute atomic E-state index is 0.639. The second-order valence-electron chi connectivity index (χ2n) is 4.70. The van der Waals surface area contributed by atoms with Crippen molar-refractivity contribution < 1.29 is 19.4 Å². The van der Waals surface area contributed by atoms with Crippen molar-refractivity contribution in [1.29, 1.82) is 0 Å². The molecule has 4 nitrogen and oxygen atoms in total. The lowest BCUT2D eigenvalue weighted by Crippen LogP contribution is -2.03. The SMILES string of the molecule is CC(=O)OOC(C)=O.c1ccc2cc3ccccc3cc2c1. The number of rotatable bonds is 0. The van der Waals surface area contributed by atoms with E-state index in [2.05, 4.69) is 70.4 Å². The summed E-state index contributed by atoms with van der Waals surface area (Å²) in [5, 5.41) is 5.25. The van der Waals surface area contributed by atoms with Gasteiger partial charge in [-0.2, -0.15) is 0 Å². The van der Waals surface area contributed by atoms with Gasteiger partial charge < -0.3 is 0 Å². The molecule has 3 rings (SSSR count). The third-order valence-electron chi connectivity index (χ3n) is 2.89. The lowest BCUT2D eigenvalue weighted by Gasteiger charge is -2.00. The standard InChI is InChI=1S/C14H10.C4H6O4/c1-2-6-12-10-14-8-4-3-7-13(14)9-11(12)5-1;1-3(5)7-8-4(2)6/h1-10H;1-2H3. The molecule has 3 aromatic carbocycles. The topological polar surface area (TPSA) is 52.6 Å². The Morgan fingerprint density at radius 3 is 1.14 bits per heavy atom. The van der Waals surface area contributed by atoms with E-state index in [-0.39, 0.29) is 0 Å². The molecule has 0 saturated carbocycles. The molecule has 3 aromatic rings. The maximum Gasteiger partial charge on any atom is 0.352 e. The van der Waals surface area contributed by atoms with Crippen molar-refractivity contribution >= 4 is 33.5 Å². The minimum atomic E-state index is -0.639. The zero-order chi connectivity index (χ0) is 15.9. The number of carbonyl (C=O) groups excluding carboxylic acids is 2. The van der Waals surface area contributed by atoms with E-state index in [9.17, 15) is 9.59 Å². The molecule has 0 unspecified atom stereocenters. The smallest absolute Gasteiger partial charge is 0.248 e. The van der Waals surface area contributed by atoms with Crippen molar-refractivity contribution in [3.05, 3.63) is 60.7 Å². The molecular weight excluding hydrogens is 280 g/mol. The molecule has 0 heterocycles. The zero-order valence-electron chi connectivity index (χ0n) is 12.4. The molecule has 22 heavy (non-hydrogen) atoms. The molecule has 0 N–H and O–H groups in total. The Balaban J connectivity index is 0.000000192. The molecule has 0 atom stereocenters. The minimum Gasteiger partial charge on any atom is -0.248 e. The lowest BCUT2D eigenvalue weighted by atomic mass is 10.0. The van der Waals surface area contributed by atoms with E-state index in [0.29, 0.717) is 0 Å². The Bertz CT molecular complexity index is 689. The highest BCUT2D eigenvalue weighted by Gasteiger charge is 1.96. The van der Waals surface area contributed by atoms with Crippen LogP contribution in [-0.4, -0.2) is 11.9 Å². The molecular formula is C18H16O4. The molecule has 0 amide bonds. The first-order valence-electron chi connectivity index (χ1n) is 6.79. The van der Waals surface area contributed by atoms with Crippen molar-refractivity contribution in [2.45, 2.75) is 13.8 Å². The largest absolute Gasteiger partial charge is 0.352 e. The molecule has 0 aliphatic rings. The van der Waals surface area contributed by atoms with Crippen LogP contribution in [0.5, 0.6) is 0 Å². The van der Waals surface area contributed by atoms with Crippen molar-refractivity contribution in [1.82, 2.24) is 0 Å². The summed E-state index contributed by atoms with van der Waals surface area (Å²) in [4.78, 5) is 27.3. The molecule has 0 fully saturated rings. The summed E-state index contributed by atoms with van der Waals surface area (Å²) in [6.07, 6.45) is 0. The van der Waals surface area contributed by atoms with Gasteiger partial charge in [-0.25, -0.2) is 19.4 Å². The predicted molar refractivity (Wildman–Crippen MR) is 85.0 cm³/mol. The fourth-order valence-electron chi connectivity index (χ4n) is 2.00. The van der Waals surface area contributed by atoms with E-state index in [0.717, 1.165) is 13.8 Å². The zero-order valence-corrected chi connectivity index (χ0v) is 12.4. The number of benzene rings is 3. The lowest BCUT2D eigenvalue weighted by molar-refractivity contribution is -0.255. The highest BCUT2D eigenvalue weighted by molar-refractivity contribution is 5.98. The Kier molecular flexibility index (Phi) is 5.09. The second-order valence-corrected chi connectivity index (χ2v) is 4.70. The third-order valence-corrected chi connectivity index (χ3v) is 2.89. The summed E-state index contributed by atoms with van der Waals surface area (Å²) >= 11 is 0. The van der Waals surface area contributed by atoms with Gasteiger partial charge in [-0.3, -0.25) is 0 Å². The van der Waals surface area contributed by atoms with Crippen molar-refractivity contribution in [2.75, 3.05) is 0 Å². The molecule has 0 aliphatic heterocycles. The fourth-order valence-corrected chi connectivity index (χ4v) is 2.00. The van der Waals surface area contributed by atoms with Gasteiger partial charge in [0.15, 0.2) is 0 Å². The number of hydrogen-bond donors (Lipinski definition) is 0. The van der Waals surface area contributed by atoms with E-state index >= 15 is 0 Å². The number of hydrogen-bond acceptors (Lipinski definition) is 4. The number of carbonyl (C=O) groups is 2. The van der Waals surface area contributed by atoms with Crippen LogP contribution < -0.4 is 0 Å². The van der Waals surface area contributed by atoms with Crippen LogP contribution in [0, 0.1) is 0 Å². The predicted octanol–water partition coefficient (Wildman–Crippen LogP) is 4.02. The molecule has 112 valence electrons. The molecule has 0 radical (unpaired) electrons. The first-order valence-corrected chi connectivity index (χ1v) is 6.79. The Labute approximate surface area is 128 Å². The van der Waals surface area contributed by atoms with E-state index in [4.69, 9.17) is 0 Å². The highest BCUT2D eigenvalue weighted by Crippen LogP contribution is 2.21. The van der Waals surface area contributed by atoms with Crippen LogP contribution in [0.1, 0.15) is 13.8 Å². The fraction of sp³-hybridized carbons (Fsp3) is 0.111. The summed E-state index contributed by atoms with van der Waals surface area (Å²) in [6, 6.07) is 21.4. The van der Waals surface area contributed by atoms with Crippen LogP contribution >= 0.6 is 0 Å². The van der Waals surface area contributed by atoms with Crippen LogP contribution in [0.15, 0.2) is 60.7 Å². The van der Waals surface area contributed by atoms with Gasteiger partial charge in [0.1, 0.15) is 0 Å². The Morgan fingerprint density at radius 1 is 0.636 bits per heavy atom. The molecule has 0 bridgehead atoms. The number of fused-ring (bicyclic) bond motifs is 2. The van der Waals surface area contributed by atoms with E-state index in [1.807, 2.05) is 0 Å². The van der Waals surface area contributed by atoms with Crippen LogP contribution in [0.3, 0.4) is 0 Å². The monoisotopic (exact) mass is 296 g/mol. The van der Waals surface area contributed by atoms with E-state index in [1.165, 1.54) is 21.5 Å². The molecule has 0 saturated heterocycles. The first kappa shape index (κ1) is 15.5. The molecule has 0 spiro atoms. The van der Waals surface area contributed by atoms with Crippen LogP contribution in [0.25, 0.3) is 21.5 Å². The van der Waals surface area contributed by atoms with Gasteiger partial charge in [0.25, 0.3) is 0 Å². The van der Waals surface area contributed by atoms with Crippen LogP contribution in [0.4, 0.5) is 0 Å². The quantitative estimate of drug-likeness (QED) is 0.357.